The van der Waals surface area contributed by atoms with Gasteiger partial charge in [0.2, 0.25) is 0 Å². The zero-order valence-corrected chi connectivity index (χ0v) is 32.6. The third-order valence-electron chi connectivity index (χ3n) is 10.5. The topological polar surface area (TPSA) is 74.8 Å². The summed E-state index contributed by atoms with van der Waals surface area (Å²) in [6, 6.07) is 19.5. The fourth-order valence-corrected chi connectivity index (χ4v) is 9.05. The molecule has 0 saturated carbocycles. The van der Waals surface area contributed by atoms with E-state index in [-0.39, 0.29) is 23.6 Å². The highest BCUT2D eigenvalue weighted by Gasteiger charge is 2.43. The number of rotatable bonds is 18. The van der Waals surface area contributed by atoms with Crippen LogP contribution in [0.15, 0.2) is 70.5 Å². The van der Waals surface area contributed by atoms with Crippen molar-refractivity contribution in [2.75, 3.05) is 25.6 Å². The second-order valence-corrected chi connectivity index (χ2v) is 15.6. The lowest BCUT2D eigenvalue weighted by Crippen LogP contribution is -2.44. The van der Waals surface area contributed by atoms with E-state index in [1.807, 2.05) is 73.2 Å². The lowest BCUT2D eigenvalue weighted by atomic mass is 9.79. The first-order valence-corrected chi connectivity index (χ1v) is 21.5. The van der Waals surface area contributed by atoms with E-state index >= 15 is 0 Å². The number of imide groups is 2. The predicted octanol–water partition coefficient (Wildman–Crippen LogP) is 11.5. The van der Waals surface area contributed by atoms with Gasteiger partial charge < -0.3 is 0 Å². The molecule has 8 heteroatoms. The van der Waals surface area contributed by atoms with Crippen molar-refractivity contribution in [3.05, 3.63) is 82.9 Å². The minimum atomic E-state index is -0.365. The molecule has 0 N–H and O–H groups in total. The Kier molecular flexibility index (Phi) is 12.6. The van der Waals surface area contributed by atoms with Crippen molar-refractivity contribution in [1.29, 1.82) is 0 Å². The smallest absolute Gasteiger partial charge is 0.262 e. The molecule has 2 heterocycles. The molecule has 0 aliphatic carbocycles. The first-order chi connectivity index (χ1) is 25.4. The van der Waals surface area contributed by atoms with Crippen LogP contribution in [0.5, 0.6) is 0 Å². The van der Waals surface area contributed by atoms with Gasteiger partial charge in [-0.3, -0.25) is 29.0 Å². The van der Waals surface area contributed by atoms with Gasteiger partial charge in [-0.2, -0.15) is 0 Å². The van der Waals surface area contributed by atoms with Gasteiger partial charge in [-0.15, -0.1) is 23.5 Å². The molecule has 0 unspecified atom stereocenters. The van der Waals surface area contributed by atoms with Crippen LogP contribution in [-0.2, 0) is 0 Å². The first kappa shape index (κ1) is 37.9. The number of unbranched alkanes of at least 4 members (excludes halogenated alkanes) is 10. The molecule has 4 amide bonds. The van der Waals surface area contributed by atoms with Crippen LogP contribution in [0.2, 0.25) is 0 Å². The molecule has 0 fully saturated rings. The number of carbonyl (C=O) groups excluding carboxylic acids is 4. The molecular formula is C44H50N2O4S2. The van der Waals surface area contributed by atoms with E-state index in [1.54, 1.807) is 23.5 Å². The van der Waals surface area contributed by atoms with Gasteiger partial charge in [-0.05, 0) is 71.9 Å². The van der Waals surface area contributed by atoms with Gasteiger partial charge in [0.1, 0.15) is 0 Å². The summed E-state index contributed by atoms with van der Waals surface area (Å²) in [6.45, 7) is 5.01. The second-order valence-electron chi connectivity index (χ2n) is 13.9. The average Bonchev–Trinajstić information content (AvgIpc) is 3.17. The summed E-state index contributed by atoms with van der Waals surface area (Å²) in [6.07, 6.45) is 16.3. The summed E-state index contributed by atoms with van der Waals surface area (Å²) in [5, 5.41) is 0.859. The van der Waals surface area contributed by atoms with E-state index in [4.69, 9.17) is 0 Å². The van der Waals surface area contributed by atoms with Crippen LogP contribution < -0.4 is 0 Å². The van der Waals surface area contributed by atoms with Crippen LogP contribution >= 0.6 is 23.5 Å². The fourth-order valence-electron chi connectivity index (χ4n) is 7.83. The molecule has 0 radical (unpaired) electrons. The summed E-state index contributed by atoms with van der Waals surface area (Å²) in [5.74, 6) is -1.45. The van der Waals surface area contributed by atoms with Crippen LogP contribution in [0.25, 0.3) is 33.0 Å². The average molecular weight is 735 g/mol. The Morgan fingerprint density at radius 1 is 0.442 bits per heavy atom. The van der Waals surface area contributed by atoms with Crippen molar-refractivity contribution < 1.29 is 19.2 Å². The third kappa shape index (κ3) is 7.21. The predicted molar refractivity (Wildman–Crippen MR) is 216 cm³/mol. The minimum absolute atomic E-state index is 0.318. The lowest BCUT2D eigenvalue weighted by molar-refractivity contribution is 0.0587. The van der Waals surface area contributed by atoms with Crippen LogP contribution in [0.3, 0.4) is 0 Å². The SMILES string of the molecule is CCCCCCCCN1C(=O)c2cc(-c3ccccc3SC)c3c4c(cc(-c5ccccc5SC)c(c24)C1=O)C(=O)N(CCCCCCCC)C3=O. The van der Waals surface area contributed by atoms with E-state index in [2.05, 4.69) is 13.8 Å². The van der Waals surface area contributed by atoms with E-state index in [0.29, 0.717) is 57.2 Å². The van der Waals surface area contributed by atoms with Crippen molar-refractivity contribution in [3.63, 3.8) is 0 Å². The maximum absolute atomic E-state index is 14.7. The fraction of sp³-hybridized carbons (Fsp3) is 0.409. The Hall–Kier alpha value is -3.88. The number of carbonyl (C=O) groups is 4. The molecular weight excluding hydrogens is 685 g/mol. The third-order valence-corrected chi connectivity index (χ3v) is 12.1. The number of amides is 4. The molecule has 2 aliphatic rings. The molecule has 0 aromatic heterocycles. The molecule has 2 aliphatic heterocycles. The highest BCUT2D eigenvalue weighted by atomic mass is 32.2. The Morgan fingerprint density at radius 3 is 1.19 bits per heavy atom. The zero-order chi connectivity index (χ0) is 36.8. The Bertz CT molecular complexity index is 1860. The summed E-state index contributed by atoms with van der Waals surface area (Å²) < 4.78 is 0. The number of hydrogen-bond donors (Lipinski definition) is 0. The molecule has 4 aromatic rings. The van der Waals surface area contributed by atoms with Gasteiger partial charge >= 0.3 is 0 Å². The van der Waals surface area contributed by atoms with Crippen LogP contribution in [0, 0.1) is 0 Å². The molecule has 0 saturated heterocycles. The van der Waals surface area contributed by atoms with Crippen LogP contribution in [-0.4, -0.2) is 59.0 Å². The van der Waals surface area contributed by atoms with Gasteiger partial charge in [0, 0.05) is 44.8 Å². The van der Waals surface area contributed by atoms with Crippen LogP contribution in [0.4, 0.5) is 0 Å². The summed E-state index contributed by atoms with van der Waals surface area (Å²) in [7, 11) is 0. The lowest BCUT2D eigenvalue weighted by Gasteiger charge is -2.35. The summed E-state index contributed by atoms with van der Waals surface area (Å²) in [5.41, 5.74) is 4.48. The van der Waals surface area contributed by atoms with Gasteiger partial charge in [0.25, 0.3) is 23.6 Å². The number of thioether (sulfide) groups is 2. The van der Waals surface area contributed by atoms with E-state index in [1.165, 1.54) is 22.6 Å². The maximum atomic E-state index is 14.7. The first-order valence-electron chi connectivity index (χ1n) is 19.0. The van der Waals surface area contributed by atoms with Gasteiger partial charge in [0.15, 0.2) is 0 Å². The largest absolute Gasteiger partial charge is 0.274 e. The monoisotopic (exact) mass is 734 g/mol. The van der Waals surface area contributed by atoms with E-state index < -0.39 is 0 Å². The normalized spacial score (nSPS) is 13.9. The van der Waals surface area contributed by atoms with Crippen molar-refractivity contribution >= 4 is 57.9 Å². The molecule has 0 spiro atoms. The molecule has 272 valence electrons. The number of hydrogen-bond acceptors (Lipinski definition) is 6. The van der Waals surface area contributed by atoms with Gasteiger partial charge in [-0.1, -0.05) is 114 Å². The van der Waals surface area contributed by atoms with Gasteiger partial charge in [0.05, 0.1) is 11.1 Å². The van der Waals surface area contributed by atoms with Gasteiger partial charge in [-0.25, -0.2) is 0 Å². The number of nitrogens with zero attached hydrogens (tertiary/aromatic N) is 2. The maximum Gasteiger partial charge on any atom is 0.262 e. The molecule has 4 aromatic carbocycles. The van der Waals surface area contributed by atoms with Crippen LogP contribution in [0.1, 0.15) is 132 Å². The van der Waals surface area contributed by atoms with Crippen molar-refractivity contribution in [2.45, 2.75) is 101 Å². The zero-order valence-electron chi connectivity index (χ0n) is 31.0. The van der Waals surface area contributed by atoms with Crippen molar-refractivity contribution in [2.24, 2.45) is 0 Å². The second kappa shape index (κ2) is 17.3. The quantitative estimate of drug-likeness (QED) is 0.0575. The Morgan fingerprint density at radius 2 is 0.808 bits per heavy atom. The molecule has 0 atom stereocenters. The Balaban J connectivity index is 1.59. The summed E-state index contributed by atoms with van der Waals surface area (Å²) >= 11 is 3.15. The van der Waals surface area contributed by atoms with E-state index in [0.717, 1.165) is 85.1 Å². The van der Waals surface area contributed by atoms with Crippen molar-refractivity contribution in [3.8, 4) is 22.3 Å². The Labute approximate surface area is 317 Å². The highest BCUT2D eigenvalue weighted by molar-refractivity contribution is 7.99. The molecule has 0 bridgehead atoms. The highest BCUT2D eigenvalue weighted by Crippen LogP contribution is 2.48. The molecule has 52 heavy (non-hydrogen) atoms. The molecule has 6 nitrogen and oxygen atoms in total. The molecule has 6 rings (SSSR count). The standard InChI is InChI=1S/C44H50N2O4S2/c1-5-7-9-11-13-19-25-45-41(47)33-27-32(30-22-16-18-24-36(30)52-4)40-38-34(42(48)46(44(40)50)26-20-14-12-10-8-6-2)28-31(39(37(33)38)43(45)49)29-21-15-17-23-35(29)51-3/h15-18,21-24,27-28H,5-14,19-20,25-26H2,1-4H3. The number of benzene rings is 4. The van der Waals surface area contributed by atoms with Crippen molar-refractivity contribution in [1.82, 2.24) is 9.80 Å². The van der Waals surface area contributed by atoms with E-state index in [9.17, 15) is 19.2 Å². The summed E-state index contributed by atoms with van der Waals surface area (Å²) in [4.78, 5) is 63.5. The minimum Gasteiger partial charge on any atom is -0.274 e.